The number of halogens is 2. The first-order chi connectivity index (χ1) is 14.3. The molecule has 1 aromatic heterocycles. The van der Waals surface area contributed by atoms with Gasteiger partial charge in [-0.1, -0.05) is 17.7 Å². The van der Waals surface area contributed by atoms with Crippen molar-refractivity contribution in [2.24, 2.45) is 7.05 Å². The lowest BCUT2D eigenvalue weighted by atomic mass is 10.1. The number of anilines is 3. The molecule has 0 radical (unpaired) electrons. The van der Waals surface area contributed by atoms with Gasteiger partial charge in [0, 0.05) is 24.2 Å². The summed E-state index contributed by atoms with van der Waals surface area (Å²) in [5.41, 5.74) is 2.20. The van der Waals surface area contributed by atoms with Crippen molar-refractivity contribution in [1.29, 1.82) is 0 Å². The molecule has 0 aliphatic carbocycles. The summed E-state index contributed by atoms with van der Waals surface area (Å²) in [6.07, 6.45) is 0.433. The minimum atomic E-state index is -1.21. The molecule has 154 valence electrons. The van der Waals surface area contributed by atoms with Crippen LogP contribution in [0.15, 0.2) is 42.6 Å². The van der Waals surface area contributed by atoms with Crippen molar-refractivity contribution in [3.05, 3.63) is 70.1 Å². The van der Waals surface area contributed by atoms with Crippen molar-refractivity contribution < 1.29 is 19.1 Å². The molecule has 0 unspecified atom stereocenters. The molecule has 1 aliphatic heterocycles. The molecule has 2 aromatic carbocycles. The lowest BCUT2D eigenvalue weighted by Gasteiger charge is -2.23. The highest BCUT2D eigenvalue weighted by Gasteiger charge is 2.28. The van der Waals surface area contributed by atoms with Gasteiger partial charge in [-0.25, -0.2) is 9.18 Å². The molecule has 8 nitrogen and oxygen atoms in total. The van der Waals surface area contributed by atoms with Crippen LogP contribution in [0.5, 0.6) is 0 Å². The average Bonchev–Trinajstić information content (AvgIpc) is 2.95. The normalized spacial score (nSPS) is 12.4. The third-order valence-corrected chi connectivity index (χ3v) is 5.03. The molecule has 0 saturated heterocycles. The van der Waals surface area contributed by atoms with E-state index in [1.165, 1.54) is 17.0 Å². The molecule has 4 rings (SSSR count). The van der Waals surface area contributed by atoms with Crippen LogP contribution in [0.2, 0.25) is 5.02 Å². The molecule has 2 amide bonds. The van der Waals surface area contributed by atoms with Crippen LogP contribution in [0.3, 0.4) is 0 Å². The second kappa shape index (κ2) is 7.68. The van der Waals surface area contributed by atoms with Crippen LogP contribution < -0.4 is 15.5 Å². The Morgan fingerprint density at radius 1 is 1.30 bits per heavy atom. The van der Waals surface area contributed by atoms with Crippen LogP contribution in [-0.4, -0.2) is 26.9 Å². The lowest BCUT2D eigenvalue weighted by Crippen LogP contribution is -2.30. The van der Waals surface area contributed by atoms with Crippen LogP contribution in [0, 0.1) is 5.82 Å². The molecule has 3 aromatic rings. The van der Waals surface area contributed by atoms with Crippen molar-refractivity contribution in [2.75, 3.05) is 10.2 Å². The largest absolute Gasteiger partial charge is 0.465 e. The van der Waals surface area contributed by atoms with Crippen LogP contribution in [0.1, 0.15) is 21.5 Å². The van der Waals surface area contributed by atoms with E-state index in [2.05, 4.69) is 15.7 Å². The monoisotopic (exact) mass is 429 g/mol. The van der Waals surface area contributed by atoms with Gasteiger partial charge in [-0.2, -0.15) is 5.10 Å². The van der Waals surface area contributed by atoms with Gasteiger partial charge in [0.05, 0.1) is 29.7 Å². The molecule has 10 heteroatoms. The summed E-state index contributed by atoms with van der Waals surface area (Å²) >= 11 is 6.14. The molecule has 30 heavy (non-hydrogen) atoms. The number of benzene rings is 2. The quantitative estimate of drug-likeness (QED) is 0.586. The lowest BCUT2D eigenvalue weighted by molar-refractivity contribution is 0.0981. The molecule has 0 saturated carbocycles. The van der Waals surface area contributed by atoms with Gasteiger partial charge < -0.3 is 20.6 Å². The SMILES string of the molecule is Cn1ncc2c1Nc1cc(Cl)ccc1N(C(=O)c1ccc(CNC(=O)O)cc1F)C2. The van der Waals surface area contributed by atoms with Crippen LogP contribution in [0.25, 0.3) is 0 Å². The number of carbonyl (C=O) groups excluding carboxylic acids is 1. The number of nitrogens with one attached hydrogen (secondary N) is 2. The Kier molecular flexibility index (Phi) is 5.04. The van der Waals surface area contributed by atoms with Crippen molar-refractivity contribution in [3.63, 3.8) is 0 Å². The average molecular weight is 430 g/mol. The number of carboxylic acid groups (broad SMARTS) is 1. The first-order valence-corrected chi connectivity index (χ1v) is 9.36. The Labute approximate surface area is 175 Å². The zero-order valence-electron chi connectivity index (χ0n) is 15.8. The molecule has 0 spiro atoms. The maximum absolute atomic E-state index is 14.7. The van der Waals surface area contributed by atoms with E-state index in [1.54, 1.807) is 36.1 Å². The minimum Gasteiger partial charge on any atom is -0.465 e. The number of hydrogen-bond donors (Lipinski definition) is 3. The highest BCUT2D eigenvalue weighted by Crippen LogP contribution is 2.38. The predicted octanol–water partition coefficient (Wildman–Crippen LogP) is 3.88. The summed E-state index contributed by atoms with van der Waals surface area (Å²) in [5.74, 6) is -0.555. The molecule has 0 bridgehead atoms. The van der Waals surface area contributed by atoms with Crippen molar-refractivity contribution >= 4 is 40.8 Å². The second-order valence-electron chi connectivity index (χ2n) is 6.79. The first-order valence-electron chi connectivity index (χ1n) is 8.98. The summed E-state index contributed by atoms with van der Waals surface area (Å²) in [6.45, 7) is 0.125. The standard InChI is InChI=1S/C20H17ClFN5O3/c1-26-18-12(9-24-26)10-27(17-5-3-13(21)7-16(17)25-18)19(28)14-4-2-11(6-15(14)22)8-23-20(29)30/h2-7,9,23,25H,8,10H2,1H3,(H,29,30). The zero-order chi connectivity index (χ0) is 21.4. The Bertz CT molecular complexity index is 1160. The molecule has 0 atom stereocenters. The molecular weight excluding hydrogens is 413 g/mol. The third-order valence-electron chi connectivity index (χ3n) is 4.80. The van der Waals surface area contributed by atoms with Crippen molar-refractivity contribution in [3.8, 4) is 0 Å². The number of nitrogens with zero attached hydrogens (tertiary/aromatic N) is 3. The number of aromatic nitrogens is 2. The van der Waals surface area contributed by atoms with Gasteiger partial charge >= 0.3 is 6.09 Å². The predicted molar refractivity (Wildman–Crippen MR) is 110 cm³/mol. The topological polar surface area (TPSA) is 99.5 Å². The van der Waals surface area contributed by atoms with Gasteiger partial charge in [0.25, 0.3) is 5.91 Å². The third kappa shape index (κ3) is 3.67. The Hall–Kier alpha value is -3.59. The molecule has 3 N–H and O–H groups in total. The van der Waals surface area contributed by atoms with Gasteiger partial charge in [-0.15, -0.1) is 0 Å². The highest BCUT2D eigenvalue weighted by atomic mass is 35.5. The van der Waals surface area contributed by atoms with Crippen LogP contribution in [-0.2, 0) is 20.1 Å². The van der Waals surface area contributed by atoms with E-state index in [0.717, 1.165) is 11.6 Å². The Balaban J connectivity index is 1.72. The van der Waals surface area contributed by atoms with E-state index < -0.39 is 17.8 Å². The van der Waals surface area contributed by atoms with E-state index in [9.17, 15) is 14.0 Å². The van der Waals surface area contributed by atoms with E-state index in [0.29, 0.717) is 27.8 Å². The number of amides is 2. The fourth-order valence-corrected chi connectivity index (χ4v) is 3.51. The minimum absolute atomic E-state index is 0.0608. The van der Waals surface area contributed by atoms with Gasteiger partial charge in [0.15, 0.2) is 0 Å². The summed E-state index contributed by atoms with van der Waals surface area (Å²) < 4.78 is 16.4. The smallest absolute Gasteiger partial charge is 0.404 e. The number of hydrogen-bond acceptors (Lipinski definition) is 4. The fourth-order valence-electron chi connectivity index (χ4n) is 3.33. The molecule has 2 heterocycles. The van der Waals surface area contributed by atoms with E-state index in [4.69, 9.17) is 16.7 Å². The van der Waals surface area contributed by atoms with E-state index in [-0.39, 0.29) is 18.7 Å². The molecular formula is C20H17ClFN5O3. The summed E-state index contributed by atoms with van der Waals surface area (Å²) in [5, 5.41) is 18.8. The van der Waals surface area contributed by atoms with Gasteiger partial charge in [0.1, 0.15) is 11.6 Å². The van der Waals surface area contributed by atoms with Gasteiger partial charge in [-0.3, -0.25) is 9.48 Å². The summed E-state index contributed by atoms with van der Waals surface area (Å²) in [7, 11) is 1.77. The first kappa shape index (κ1) is 19.7. The zero-order valence-corrected chi connectivity index (χ0v) is 16.6. The number of carbonyl (C=O) groups is 2. The van der Waals surface area contributed by atoms with E-state index >= 15 is 0 Å². The summed E-state index contributed by atoms with van der Waals surface area (Å²) in [4.78, 5) is 25.4. The highest BCUT2D eigenvalue weighted by molar-refractivity contribution is 6.31. The number of fused-ring (bicyclic) bond motifs is 2. The number of aryl methyl sites for hydroxylation is 1. The van der Waals surface area contributed by atoms with Crippen LogP contribution >= 0.6 is 11.6 Å². The molecule has 0 fully saturated rings. The van der Waals surface area contributed by atoms with Gasteiger partial charge in [-0.05, 0) is 35.9 Å². The Morgan fingerprint density at radius 2 is 2.10 bits per heavy atom. The second-order valence-corrected chi connectivity index (χ2v) is 7.23. The number of rotatable bonds is 3. The molecule has 1 aliphatic rings. The van der Waals surface area contributed by atoms with Crippen molar-refractivity contribution in [1.82, 2.24) is 15.1 Å². The fraction of sp³-hybridized carbons (Fsp3) is 0.150. The maximum Gasteiger partial charge on any atom is 0.404 e. The maximum atomic E-state index is 14.7. The van der Waals surface area contributed by atoms with E-state index in [1.807, 2.05) is 0 Å². The van der Waals surface area contributed by atoms with Crippen molar-refractivity contribution in [2.45, 2.75) is 13.1 Å². The van der Waals surface area contributed by atoms with Crippen LogP contribution in [0.4, 0.5) is 26.4 Å². The Morgan fingerprint density at radius 3 is 2.83 bits per heavy atom. The van der Waals surface area contributed by atoms with Gasteiger partial charge in [0.2, 0.25) is 0 Å². The summed E-state index contributed by atoms with van der Waals surface area (Å²) in [6, 6.07) is 9.07.